The van der Waals surface area contributed by atoms with Crippen LogP contribution in [0.1, 0.15) is 10.5 Å². The van der Waals surface area contributed by atoms with E-state index in [-0.39, 0.29) is 11.6 Å². The number of ketones is 1. The van der Waals surface area contributed by atoms with Crippen LogP contribution in [0.5, 0.6) is 0 Å². The lowest BCUT2D eigenvalue weighted by atomic mass is 10.1. The van der Waals surface area contributed by atoms with Gasteiger partial charge in [-0.05, 0) is 30.3 Å². The Morgan fingerprint density at radius 1 is 1.37 bits per heavy atom. The Labute approximate surface area is 107 Å². The van der Waals surface area contributed by atoms with Gasteiger partial charge in [-0.15, -0.1) is 0 Å². The number of fused-ring (bicyclic) bond motifs is 1. The molecule has 3 aromatic rings. The molecule has 4 nitrogen and oxygen atoms in total. The highest BCUT2D eigenvalue weighted by Gasteiger charge is 2.20. The second-order valence-corrected chi connectivity index (χ2v) is 3.94. The third-order valence-electron chi connectivity index (χ3n) is 2.80. The molecule has 0 fully saturated rings. The van der Waals surface area contributed by atoms with Crippen molar-refractivity contribution >= 4 is 11.6 Å². The zero-order valence-electron chi connectivity index (χ0n) is 9.84. The number of nitrogens with zero attached hydrogens (tertiary/aromatic N) is 2. The largest absolute Gasteiger partial charge is 0.432 e. The fourth-order valence-corrected chi connectivity index (χ4v) is 1.93. The fourth-order valence-electron chi connectivity index (χ4n) is 1.93. The Morgan fingerprint density at radius 2 is 2.11 bits per heavy atom. The van der Waals surface area contributed by atoms with Crippen LogP contribution in [0.4, 0.5) is 4.39 Å². The van der Waals surface area contributed by atoms with Gasteiger partial charge in [0.1, 0.15) is 23.5 Å². The van der Waals surface area contributed by atoms with E-state index in [9.17, 15) is 9.18 Å². The van der Waals surface area contributed by atoms with Crippen molar-refractivity contribution in [2.45, 2.75) is 0 Å². The van der Waals surface area contributed by atoms with Crippen LogP contribution in [0.25, 0.3) is 17.1 Å². The molecule has 0 atom stereocenters. The van der Waals surface area contributed by atoms with E-state index in [1.54, 1.807) is 22.7 Å². The Hall–Kier alpha value is -2.69. The van der Waals surface area contributed by atoms with E-state index in [0.717, 1.165) is 0 Å². The van der Waals surface area contributed by atoms with Gasteiger partial charge in [0.05, 0.1) is 0 Å². The third-order valence-corrected chi connectivity index (χ3v) is 2.80. The van der Waals surface area contributed by atoms with Crippen LogP contribution >= 0.6 is 0 Å². The maximum Gasteiger partial charge on any atom is 0.306 e. The van der Waals surface area contributed by atoms with Crippen molar-refractivity contribution < 1.29 is 13.6 Å². The van der Waals surface area contributed by atoms with E-state index in [0.29, 0.717) is 22.8 Å². The topological polar surface area (TPSA) is 47.5 Å². The van der Waals surface area contributed by atoms with E-state index in [2.05, 4.69) is 11.6 Å². The maximum atomic E-state index is 12.9. The molecule has 0 aliphatic carbocycles. The number of imidazole rings is 1. The van der Waals surface area contributed by atoms with E-state index in [1.165, 1.54) is 24.5 Å². The number of allylic oxidation sites excluding steroid dienone is 1. The minimum atomic E-state index is -0.344. The van der Waals surface area contributed by atoms with Crippen LogP contribution in [0, 0.1) is 5.82 Å². The molecule has 0 spiro atoms. The summed E-state index contributed by atoms with van der Waals surface area (Å²) in [5.41, 5.74) is 1.44. The summed E-state index contributed by atoms with van der Waals surface area (Å²) in [6.07, 6.45) is 4.26. The van der Waals surface area contributed by atoms with E-state index < -0.39 is 0 Å². The highest BCUT2D eigenvalue weighted by atomic mass is 19.1. The monoisotopic (exact) mass is 256 g/mol. The first-order valence-electron chi connectivity index (χ1n) is 5.59. The predicted molar refractivity (Wildman–Crippen MR) is 67.4 cm³/mol. The van der Waals surface area contributed by atoms with Crippen molar-refractivity contribution in [3.8, 4) is 11.3 Å². The average Bonchev–Trinajstić information content (AvgIpc) is 2.98. The number of carbonyl (C=O) groups excluding carboxylic acids is 1. The normalized spacial score (nSPS) is 10.8. The van der Waals surface area contributed by atoms with Gasteiger partial charge in [-0.25, -0.2) is 4.39 Å². The highest BCUT2D eigenvalue weighted by Crippen LogP contribution is 2.25. The molecule has 0 bridgehead atoms. The molecular weight excluding hydrogens is 247 g/mol. The molecule has 0 N–H and O–H groups in total. The third kappa shape index (κ3) is 1.76. The van der Waals surface area contributed by atoms with E-state index >= 15 is 0 Å². The molecule has 0 aliphatic heterocycles. The molecule has 2 aromatic heterocycles. The van der Waals surface area contributed by atoms with Crippen molar-refractivity contribution in [1.29, 1.82) is 0 Å². The smallest absolute Gasteiger partial charge is 0.306 e. The van der Waals surface area contributed by atoms with Crippen molar-refractivity contribution in [3.05, 3.63) is 60.9 Å². The van der Waals surface area contributed by atoms with Crippen LogP contribution in [-0.2, 0) is 0 Å². The summed E-state index contributed by atoms with van der Waals surface area (Å²) < 4.78 is 19.7. The summed E-state index contributed by atoms with van der Waals surface area (Å²) in [4.78, 5) is 16.2. The fraction of sp³-hybridized carbons (Fsp3) is 0. The van der Waals surface area contributed by atoms with Gasteiger partial charge in [0.2, 0.25) is 5.78 Å². The molecule has 3 rings (SSSR count). The molecule has 19 heavy (non-hydrogen) atoms. The number of halogens is 1. The summed E-state index contributed by atoms with van der Waals surface area (Å²) in [5, 5.41) is 0. The summed E-state index contributed by atoms with van der Waals surface area (Å²) in [6.45, 7) is 3.48. The number of rotatable bonds is 3. The van der Waals surface area contributed by atoms with Gasteiger partial charge in [0.25, 0.3) is 0 Å². The molecule has 0 unspecified atom stereocenters. The Kier molecular flexibility index (Phi) is 2.52. The lowest BCUT2D eigenvalue weighted by molar-refractivity contribution is 0.104. The van der Waals surface area contributed by atoms with Crippen LogP contribution in [0.3, 0.4) is 0 Å². The molecule has 0 radical (unpaired) electrons. The quantitative estimate of drug-likeness (QED) is 0.534. The summed E-state index contributed by atoms with van der Waals surface area (Å²) in [6, 6.07) is 5.77. The molecule has 0 aliphatic rings. The lowest BCUT2D eigenvalue weighted by Gasteiger charge is -2.00. The number of oxazole rings is 1. The maximum absolute atomic E-state index is 12.9. The minimum absolute atomic E-state index is 0.270. The molecule has 0 saturated heterocycles. The molecule has 94 valence electrons. The molecule has 5 heteroatoms. The Morgan fingerprint density at radius 3 is 2.79 bits per heavy atom. The standard InChI is InChI=1S/C14H9FN2O2/c1-2-11(18)13-12(9-3-5-10(15)6-4-9)16-14-17(13)7-8-19-14/h2-8H,1H2. The first-order chi connectivity index (χ1) is 9.20. The van der Waals surface area contributed by atoms with Gasteiger partial charge < -0.3 is 4.42 Å². The Balaban J connectivity index is 2.27. The van der Waals surface area contributed by atoms with Gasteiger partial charge in [0, 0.05) is 11.8 Å². The summed E-state index contributed by atoms with van der Waals surface area (Å²) >= 11 is 0. The number of benzene rings is 1. The van der Waals surface area contributed by atoms with Gasteiger partial charge >= 0.3 is 5.84 Å². The van der Waals surface area contributed by atoms with Gasteiger partial charge in [0.15, 0.2) is 0 Å². The van der Waals surface area contributed by atoms with Crippen molar-refractivity contribution in [1.82, 2.24) is 9.38 Å². The molecule has 0 amide bonds. The van der Waals surface area contributed by atoms with Crippen LogP contribution in [0.2, 0.25) is 0 Å². The first-order valence-corrected chi connectivity index (χ1v) is 5.59. The average molecular weight is 256 g/mol. The molecule has 1 aromatic carbocycles. The second kappa shape index (κ2) is 4.20. The second-order valence-electron chi connectivity index (χ2n) is 3.94. The zero-order chi connectivity index (χ0) is 13.4. The van der Waals surface area contributed by atoms with Crippen molar-refractivity contribution in [3.63, 3.8) is 0 Å². The summed E-state index contributed by atoms with van der Waals surface area (Å²) in [5.74, 6) is -0.305. The van der Waals surface area contributed by atoms with E-state index in [1.807, 2.05) is 0 Å². The predicted octanol–water partition coefficient (Wildman–Crippen LogP) is 3.10. The van der Waals surface area contributed by atoms with E-state index in [4.69, 9.17) is 4.42 Å². The SMILES string of the molecule is C=CC(=O)c1c(-c2ccc(F)cc2)nc2occn12. The van der Waals surface area contributed by atoms with Crippen LogP contribution in [-0.4, -0.2) is 15.2 Å². The molecular formula is C14H9FN2O2. The molecule has 2 heterocycles. The number of hydrogen-bond acceptors (Lipinski definition) is 3. The van der Waals surface area contributed by atoms with Crippen molar-refractivity contribution in [2.75, 3.05) is 0 Å². The molecule has 0 saturated carbocycles. The van der Waals surface area contributed by atoms with Crippen LogP contribution in [0.15, 0.2) is 53.8 Å². The lowest BCUT2D eigenvalue weighted by Crippen LogP contribution is -2.00. The van der Waals surface area contributed by atoms with Gasteiger partial charge in [-0.2, -0.15) is 4.98 Å². The van der Waals surface area contributed by atoms with Gasteiger partial charge in [-0.3, -0.25) is 9.20 Å². The minimum Gasteiger partial charge on any atom is -0.432 e. The number of hydrogen-bond donors (Lipinski definition) is 0. The van der Waals surface area contributed by atoms with Crippen LogP contribution < -0.4 is 0 Å². The number of carbonyl (C=O) groups is 1. The Bertz CT molecular complexity index is 768. The first kappa shape index (κ1) is 11.4. The highest BCUT2D eigenvalue weighted by molar-refractivity contribution is 6.07. The number of aromatic nitrogens is 2. The summed E-state index contributed by atoms with van der Waals surface area (Å²) in [7, 11) is 0. The van der Waals surface area contributed by atoms with Gasteiger partial charge in [-0.1, -0.05) is 6.58 Å². The van der Waals surface area contributed by atoms with Crippen molar-refractivity contribution in [2.24, 2.45) is 0 Å². The zero-order valence-corrected chi connectivity index (χ0v) is 9.84.